The van der Waals surface area contributed by atoms with Gasteiger partial charge in [-0.05, 0) is 48.7 Å². The van der Waals surface area contributed by atoms with E-state index in [9.17, 15) is 14.9 Å². The number of nitrogens with zero attached hydrogens (tertiary/aromatic N) is 1. The van der Waals surface area contributed by atoms with Gasteiger partial charge in [-0.25, -0.2) is 4.79 Å². The van der Waals surface area contributed by atoms with E-state index in [1.807, 2.05) is 13.8 Å². The highest BCUT2D eigenvalue weighted by Crippen LogP contribution is 2.26. The van der Waals surface area contributed by atoms with E-state index in [0.29, 0.717) is 16.3 Å². The zero-order valence-electron chi connectivity index (χ0n) is 12.6. The highest BCUT2D eigenvalue weighted by atomic mass is 35.5. The molecular weight excluding hydrogens is 318 g/mol. The van der Waals surface area contributed by atoms with Crippen LogP contribution in [-0.4, -0.2) is 10.9 Å². The fourth-order valence-corrected chi connectivity index (χ4v) is 2.13. The van der Waals surface area contributed by atoms with Crippen molar-refractivity contribution in [2.45, 2.75) is 13.8 Å². The first-order chi connectivity index (χ1) is 10.9. The number of hydrogen-bond donors (Lipinski definition) is 0. The number of ether oxygens (including phenoxy) is 1. The van der Waals surface area contributed by atoms with Crippen LogP contribution in [0, 0.1) is 24.0 Å². The maximum atomic E-state index is 11.8. The van der Waals surface area contributed by atoms with Gasteiger partial charge in [0.05, 0.1) is 4.92 Å². The molecule has 0 bridgehead atoms. The summed E-state index contributed by atoms with van der Waals surface area (Å²) in [4.78, 5) is 22.0. The quantitative estimate of drug-likeness (QED) is 0.272. The van der Waals surface area contributed by atoms with Crippen LogP contribution in [0.3, 0.4) is 0 Å². The number of rotatable bonds is 4. The van der Waals surface area contributed by atoms with Crippen molar-refractivity contribution in [3.63, 3.8) is 0 Å². The predicted molar refractivity (Wildman–Crippen MR) is 88.7 cm³/mol. The Morgan fingerprint density at radius 2 is 1.87 bits per heavy atom. The number of benzene rings is 2. The van der Waals surface area contributed by atoms with Gasteiger partial charge in [-0.2, -0.15) is 0 Å². The SMILES string of the molecule is Cc1cc(OC(=O)/C=C/c2cccc([N+](=O)[O-])c2)cc(C)c1Cl. The molecule has 0 aliphatic carbocycles. The fraction of sp³-hybridized carbons (Fsp3) is 0.118. The zero-order chi connectivity index (χ0) is 17.0. The van der Waals surface area contributed by atoms with Crippen LogP contribution >= 0.6 is 11.6 Å². The van der Waals surface area contributed by atoms with E-state index in [2.05, 4.69) is 0 Å². The monoisotopic (exact) mass is 331 g/mol. The number of nitro benzene ring substituents is 1. The molecule has 0 unspecified atom stereocenters. The van der Waals surface area contributed by atoms with Gasteiger partial charge in [0.1, 0.15) is 5.75 Å². The van der Waals surface area contributed by atoms with Crippen molar-refractivity contribution in [1.29, 1.82) is 0 Å². The van der Waals surface area contributed by atoms with E-state index in [4.69, 9.17) is 16.3 Å². The highest BCUT2D eigenvalue weighted by molar-refractivity contribution is 6.32. The number of carbonyl (C=O) groups is 1. The Hall–Kier alpha value is -2.66. The molecule has 0 fully saturated rings. The Kier molecular flexibility index (Phi) is 5.13. The first-order valence-corrected chi connectivity index (χ1v) is 7.15. The number of nitro groups is 1. The van der Waals surface area contributed by atoms with Gasteiger partial charge in [0.25, 0.3) is 5.69 Å². The standard InChI is InChI=1S/C17H14ClNO4/c1-11-8-15(9-12(2)17(11)18)23-16(20)7-6-13-4-3-5-14(10-13)19(21)22/h3-10H,1-2H3/b7-6+. The minimum absolute atomic E-state index is 0.0375. The van der Waals surface area contributed by atoms with E-state index in [-0.39, 0.29) is 5.69 Å². The molecule has 0 aliphatic heterocycles. The van der Waals surface area contributed by atoms with Crippen molar-refractivity contribution >= 4 is 29.3 Å². The summed E-state index contributed by atoms with van der Waals surface area (Å²) in [5, 5.41) is 11.3. The number of non-ortho nitro benzene ring substituents is 1. The van der Waals surface area contributed by atoms with Crippen LogP contribution in [0.1, 0.15) is 16.7 Å². The molecule has 0 saturated carbocycles. The van der Waals surface area contributed by atoms with Crippen molar-refractivity contribution in [2.24, 2.45) is 0 Å². The largest absolute Gasteiger partial charge is 0.423 e. The van der Waals surface area contributed by atoms with Gasteiger partial charge in [-0.3, -0.25) is 10.1 Å². The molecule has 2 rings (SSSR count). The fourth-order valence-electron chi connectivity index (χ4n) is 2.02. The second-order valence-corrected chi connectivity index (χ2v) is 5.36. The van der Waals surface area contributed by atoms with Crippen LogP contribution in [0.2, 0.25) is 5.02 Å². The second kappa shape index (κ2) is 7.07. The maximum absolute atomic E-state index is 11.8. The lowest BCUT2D eigenvalue weighted by Gasteiger charge is -2.07. The van der Waals surface area contributed by atoms with Gasteiger partial charge in [-0.1, -0.05) is 23.7 Å². The van der Waals surface area contributed by atoms with Gasteiger partial charge in [-0.15, -0.1) is 0 Å². The molecule has 118 valence electrons. The molecule has 5 nitrogen and oxygen atoms in total. The van der Waals surface area contributed by atoms with Crippen molar-refractivity contribution in [3.8, 4) is 5.75 Å². The summed E-state index contributed by atoms with van der Waals surface area (Å²) in [6.45, 7) is 3.65. The molecule has 0 spiro atoms. The van der Waals surface area contributed by atoms with E-state index in [1.54, 1.807) is 24.3 Å². The van der Waals surface area contributed by atoms with Crippen molar-refractivity contribution < 1.29 is 14.5 Å². The minimum Gasteiger partial charge on any atom is -0.423 e. The number of halogens is 1. The Labute approximate surface area is 138 Å². The highest BCUT2D eigenvalue weighted by Gasteiger charge is 2.07. The summed E-state index contributed by atoms with van der Waals surface area (Å²) in [6.07, 6.45) is 2.68. The van der Waals surface area contributed by atoms with Gasteiger partial charge >= 0.3 is 5.97 Å². The molecule has 0 radical (unpaired) electrons. The van der Waals surface area contributed by atoms with Crippen LogP contribution in [0.25, 0.3) is 6.08 Å². The third kappa shape index (κ3) is 4.40. The molecule has 0 N–H and O–H groups in total. The van der Waals surface area contributed by atoms with Gasteiger partial charge in [0, 0.05) is 23.2 Å². The van der Waals surface area contributed by atoms with E-state index >= 15 is 0 Å². The Bertz CT molecular complexity index is 776. The van der Waals surface area contributed by atoms with Crippen molar-refractivity contribution in [3.05, 3.63) is 74.3 Å². The first kappa shape index (κ1) is 16.7. The molecule has 0 heterocycles. The maximum Gasteiger partial charge on any atom is 0.336 e. The average Bonchev–Trinajstić information content (AvgIpc) is 2.51. The molecule has 2 aromatic rings. The Balaban J connectivity index is 2.10. The van der Waals surface area contributed by atoms with Crippen LogP contribution in [0.15, 0.2) is 42.5 Å². The average molecular weight is 332 g/mol. The molecule has 23 heavy (non-hydrogen) atoms. The lowest BCUT2D eigenvalue weighted by atomic mass is 10.1. The molecule has 6 heteroatoms. The first-order valence-electron chi connectivity index (χ1n) is 6.78. The number of aryl methyl sites for hydroxylation is 2. The molecule has 0 amide bonds. The van der Waals surface area contributed by atoms with Crippen molar-refractivity contribution in [1.82, 2.24) is 0 Å². The van der Waals surface area contributed by atoms with E-state index < -0.39 is 10.9 Å². The molecule has 0 saturated heterocycles. The smallest absolute Gasteiger partial charge is 0.336 e. The summed E-state index contributed by atoms with van der Waals surface area (Å²) in [5.41, 5.74) is 2.14. The van der Waals surface area contributed by atoms with E-state index in [1.165, 1.54) is 24.3 Å². The summed E-state index contributed by atoms with van der Waals surface area (Å²) in [6, 6.07) is 9.32. The zero-order valence-corrected chi connectivity index (χ0v) is 13.3. The van der Waals surface area contributed by atoms with Gasteiger partial charge < -0.3 is 4.74 Å². The lowest BCUT2D eigenvalue weighted by molar-refractivity contribution is -0.384. The van der Waals surface area contributed by atoms with Gasteiger partial charge in [0.2, 0.25) is 0 Å². The molecule has 0 aromatic heterocycles. The Morgan fingerprint density at radius 1 is 1.22 bits per heavy atom. The lowest BCUT2D eigenvalue weighted by Crippen LogP contribution is -2.04. The third-order valence-corrected chi connectivity index (χ3v) is 3.72. The summed E-state index contributed by atoms with van der Waals surface area (Å²) >= 11 is 6.06. The normalized spacial score (nSPS) is 10.7. The summed E-state index contributed by atoms with van der Waals surface area (Å²) in [5.74, 6) is -0.171. The minimum atomic E-state index is -0.572. The second-order valence-electron chi connectivity index (χ2n) is 4.98. The number of carbonyl (C=O) groups excluding carboxylic acids is 1. The third-order valence-electron chi connectivity index (χ3n) is 3.12. The molecule has 0 aliphatic rings. The van der Waals surface area contributed by atoms with Gasteiger partial charge in [0.15, 0.2) is 0 Å². The molecular formula is C17H14ClNO4. The molecule has 0 atom stereocenters. The van der Waals surface area contributed by atoms with Crippen LogP contribution in [0.5, 0.6) is 5.75 Å². The number of hydrogen-bond acceptors (Lipinski definition) is 4. The molecule has 2 aromatic carbocycles. The Morgan fingerprint density at radius 3 is 2.48 bits per heavy atom. The van der Waals surface area contributed by atoms with Crippen molar-refractivity contribution in [2.75, 3.05) is 0 Å². The number of esters is 1. The van der Waals surface area contributed by atoms with E-state index in [0.717, 1.165) is 11.1 Å². The topological polar surface area (TPSA) is 69.4 Å². The van der Waals surface area contributed by atoms with Crippen LogP contribution in [-0.2, 0) is 4.79 Å². The van der Waals surface area contributed by atoms with Crippen LogP contribution in [0.4, 0.5) is 5.69 Å². The predicted octanol–water partition coefficient (Wildman–Crippen LogP) is 4.48. The summed E-state index contributed by atoms with van der Waals surface area (Å²) < 4.78 is 5.21. The summed E-state index contributed by atoms with van der Waals surface area (Å²) in [7, 11) is 0. The van der Waals surface area contributed by atoms with Crippen LogP contribution < -0.4 is 4.74 Å².